The molecule has 5 nitrogen and oxygen atoms in total. The minimum Gasteiger partial charge on any atom is -0.322 e. The molecule has 30 heavy (non-hydrogen) atoms. The third kappa shape index (κ3) is 4.84. The first-order chi connectivity index (χ1) is 14.3. The van der Waals surface area contributed by atoms with Gasteiger partial charge in [0.05, 0.1) is 27.7 Å². The van der Waals surface area contributed by atoms with E-state index in [1.54, 1.807) is 54.6 Å². The fourth-order valence-corrected chi connectivity index (χ4v) is 4.64. The second kappa shape index (κ2) is 9.34. The Kier molecular flexibility index (Phi) is 6.82. The molecule has 0 saturated heterocycles. The summed E-state index contributed by atoms with van der Waals surface area (Å²) in [4.78, 5) is 12.7. The fraction of sp³-hybridized carbons (Fsp3) is 0.0455. The topological polar surface area (TPSA) is 66.5 Å². The third-order valence-electron chi connectivity index (χ3n) is 4.19. The first kappa shape index (κ1) is 21.9. The Morgan fingerprint density at radius 1 is 1.00 bits per heavy atom. The van der Waals surface area contributed by atoms with E-state index in [2.05, 4.69) is 11.9 Å². The van der Waals surface area contributed by atoms with E-state index in [4.69, 9.17) is 23.2 Å². The molecule has 1 N–H and O–H groups in total. The van der Waals surface area contributed by atoms with Crippen LogP contribution >= 0.6 is 23.2 Å². The molecule has 3 aromatic carbocycles. The molecule has 0 aliphatic carbocycles. The summed E-state index contributed by atoms with van der Waals surface area (Å²) in [5.74, 6) is -0.547. The van der Waals surface area contributed by atoms with Crippen molar-refractivity contribution >= 4 is 50.5 Å². The number of hydrogen-bond donors (Lipinski definition) is 1. The van der Waals surface area contributed by atoms with Crippen molar-refractivity contribution in [2.45, 2.75) is 4.90 Å². The molecule has 0 atom stereocenters. The lowest BCUT2D eigenvalue weighted by Crippen LogP contribution is -2.31. The third-order valence-corrected chi connectivity index (χ3v) is 6.55. The summed E-state index contributed by atoms with van der Waals surface area (Å²) in [6.07, 6.45) is 1.49. The predicted molar refractivity (Wildman–Crippen MR) is 122 cm³/mol. The number of carbonyl (C=O) groups excluding carboxylic acids is 1. The number of sulfonamides is 1. The first-order valence-electron chi connectivity index (χ1n) is 8.88. The monoisotopic (exact) mass is 460 g/mol. The molecule has 0 fully saturated rings. The average Bonchev–Trinajstić information content (AvgIpc) is 2.72. The van der Waals surface area contributed by atoms with Gasteiger partial charge in [0.25, 0.3) is 15.9 Å². The van der Waals surface area contributed by atoms with Gasteiger partial charge in [0.15, 0.2) is 0 Å². The summed E-state index contributed by atoms with van der Waals surface area (Å²) >= 11 is 12.1. The van der Waals surface area contributed by atoms with E-state index in [9.17, 15) is 13.2 Å². The number of halogens is 2. The second-order valence-corrected chi connectivity index (χ2v) is 8.97. The summed E-state index contributed by atoms with van der Waals surface area (Å²) in [7, 11) is -3.97. The zero-order chi connectivity index (χ0) is 21.7. The molecule has 1 amide bonds. The van der Waals surface area contributed by atoms with Gasteiger partial charge < -0.3 is 5.32 Å². The van der Waals surface area contributed by atoms with Crippen molar-refractivity contribution in [1.29, 1.82) is 0 Å². The minimum atomic E-state index is -3.97. The van der Waals surface area contributed by atoms with Crippen molar-refractivity contribution in [2.75, 3.05) is 16.2 Å². The first-order valence-corrected chi connectivity index (χ1v) is 11.1. The molecule has 0 bridgehead atoms. The molecule has 0 spiro atoms. The Labute approximate surface area is 185 Å². The molecule has 0 aliphatic rings. The Balaban J connectivity index is 1.98. The number of hydrogen-bond acceptors (Lipinski definition) is 3. The van der Waals surface area contributed by atoms with Gasteiger partial charge in [0, 0.05) is 10.7 Å². The van der Waals surface area contributed by atoms with E-state index in [0.29, 0.717) is 16.4 Å². The molecule has 154 valence electrons. The lowest BCUT2D eigenvalue weighted by atomic mass is 10.2. The summed E-state index contributed by atoms with van der Waals surface area (Å²) in [5.41, 5.74) is 0.982. The molecule has 0 unspecified atom stereocenters. The minimum absolute atomic E-state index is 0.0318. The highest BCUT2D eigenvalue weighted by Crippen LogP contribution is 2.27. The maximum Gasteiger partial charge on any atom is 0.264 e. The molecule has 0 heterocycles. The fourth-order valence-electron chi connectivity index (χ4n) is 2.78. The van der Waals surface area contributed by atoms with E-state index >= 15 is 0 Å². The van der Waals surface area contributed by atoms with Gasteiger partial charge in [0.1, 0.15) is 0 Å². The van der Waals surface area contributed by atoms with E-state index < -0.39 is 15.9 Å². The van der Waals surface area contributed by atoms with Gasteiger partial charge in [-0.25, -0.2) is 8.42 Å². The molecule has 0 aliphatic heterocycles. The van der Waals surface area contributed by atoms with Gasteiger partial charge in [-0.05, 0) is 48.5 Å². The van der Waals surface area contributed by atoms with Gasteiger partial charge >= 0.3 is 0 Å². The second-order valence-electron chi connectivity index (χ2n) is 6.27. The lowest BCUT2D eigenvalue weighted by Gasteiger charge is -2.23. The largest absolute Gasteiger partial charge is 0.322 e. The predicted octanol–water partition coefficient (Wildman–Crippen LogP) is 5.63. The van der Waals surface area contributed by atoms with Crippen molar-refractivity contribution in [1.82, 2.24) is 0 Å². The standard InChI is InChI=1S/C22H18Cl2N2O3S/c1-2-13-26(18-9-4-3-5-10-18)30(28,29)19-11-12-21(24)20(15-19)22(27)25-17-8-6-7-16(23)14-17/h2-12,14-15H,1,13H2,(H,25,27). The van der Waals surface area contributed by atoms with E-state index in [-0.39, 0.29) is 22.0 Å². The molecule has 3 rings (SSSR count). The molecular weight excluding hydrogens is 443 g/mol. The number of carbonyl (C=O) groups is 1. The van der Waals surface area contributed by atoms with E-state index in [0.717, 1.165) is 0 Å². The Morgan fingerprint density at radius 3 is 2.40 bits per heavy atom. The van der Waals surface area contributed by atoms with Crippen LogP contribution in [0.5, 0.6) is 0 Å². The number of rotatable bonds is 7. The van der Waals surface area contributed by atoms with E-state index in [1.807, 2.05) is 0 Å². The number of para-hydroxylation sites is 1. The van der Waals surface area contributed by atoms with Gasteiger partial charge in [-0.2, -0.15) is 0 Å². The van der Waals surface area contributed by atoms with Crippen LogP contribution in [0.2, 0.25) is 10.0 Å². The van der Waals surface area contributed by atoms with Gasteiger partial charge in [-0.3, -0.25) is 9.10 Å². The maximum atomic E-state index is 13.3. The molecular formula is C22H18Cl2N2O3S. The number of nitrogens with zero attached hydrogens (tertiary/aromatic N) is 1. The van der Waals surface area contributed by atoms with Crippen LogP contribution in [0.4, 0.5) is 11.4 Å². The summed E-state index contributed by atoms with van der Waals surface area (Å²) in [6.45, 7) is 3.71. The highest BCUT2D eigenvalue weighted by atomic mass is 35.5. The lowest BCUT2D eigenvalue weighted by molar-refractivity contribution is 0.102. The van der Waals surface area contributed by atoms with Gasteiger partial charge in [-0.15, -0.1) is 6.58 Å². The number of nitrogens with one attached hydrogen (secondary N) is 1. The molecule has 3 aromatic rings. The molecule has 0 radical (unpaired) electrons. The normalized spacial score (nSPS) is 11.0. The molecule has 8 heteroatoms. The van der Waals surface area contributed by atoms with Gasteiger partial charge in [-0.1, -0.05) is 53.5 Å². The Bertz CT molecular complexity index is 1180. The van der Waals surface area contributed by atoms with Crippen molar-refractivity contribution in [3.05, 3.63) is 101 Å². The zero-order valence-corrected chi connectivity index (χ0v) is 18.1. The highest BCUT2D eigenvalue weighted by molar-refractivity contribution is 7.92. The zero-order valence-electron chi connectivity index (χ0n) is 15.8. The van der Waals surface area contributed by atoms with Crippen LogP contribution in [0.15, 0.2) is 90.3 Å². The van der Waals surface area contributed by atoms with Crippen LogP contribution in [-0.4, -0.2) is 20.9 Å². The van der Waals surface area contributed by atoms with Crippen LogP contribution in [0, 0.1) is 0 Å². The van der Waals surface area contributed by atoms with Crippen LogP contribution < -0.4 is 9.62 Å². The molecule has 0 saturated carbocycles. The van der Waals surface area contributed by atoms with Crippen molar-refractivity contribution in [2.24, 2.45) is 0 Å². The van der Waals surface area contributed by atoms with Crippen molar-refractivity contribution in [3.8, 4) is 0 Å². The quantitative estimate of drug-likeness (QED) is 0.464. The summed E-state index contributed by atoms with van der Waals surface area (Å²) in [6, 6.07) is 19.3. The average molecular weight is 461 g/mol. The van der Waals surface area contributed by atoms with Crippen LogP contribution in [0.1, 0.15) is 10.4 Å². The van der Waals surface area contributed by atoms with Crippen molar-refractivity contribution < 1.29 is 13.2 Å². The van der Waals surface area contributed by atoms with Crippen LogP contribution in [0.3, 0.4) is 0 Å². The SMILES string of the molecule is C=CCN(c1ccccc1)S(=O)(=O)c1ccc(Cl)c(C(=O)Nc2cccc(Cl)c2)c1. The summed E-state index contributed by atoms with van der Waals surface area (Å²) < 4.78 is 27.8. The Morgan fingerprint density at radius 2 is 1.73 bits per heavy atom. The number of amides is 1. The Hall–Kier alpha value is -2.80. The smallest absolute Gasteiger partial charge is 0.264 e. The van der Waals surface area contributed by atoms with Crippen LogP contribution in [-0.2, 0) is 10.0 Å². The summed E-state index contributed by atoms with van der Waals surface area (Å²) in [5, 5.41) is 3.26. The van der Waals surface area contributed by atoms with Crippen molar-refractivity contribution in [3.63, 3.8) is 0 Å². The van der Waals surface area contributed by atoms with Gasteiger partial charge in [0.2, 0.25) is 0 Å². The highest BCUT2D eigenvalue weighted by Gasteiger charge is 2.26. The maximum absolute atomic E-state index is 13.3. The number of anilines is 2. The molecule has 0 aromatic heterocycles. The number of benzene rings is 3. The van der Waals surface area contributed by atoms with E-state index in [1.165, 1.54) is 28.6 Å². The van der Waals surface area contributed by atoms with Crippen LogP contribution in [0.25, 0.3) is 0 Å².